The quantitative estimate of drug-likeness (QED) is 0.703. The summed E-state index contributed by atoms with van der Waals surface area (Å²) in [5.74, 6) is -1.12. The lowest BCUT2D eigenvalue weighted by Crippen LogP contribution is -2.60. The van der Waals surface area contributed by atoms with Crippen LogP contribution >= 0.6 is 0 Å². The van der Waals surface area contributed by atoms with E-state index in [1.807, 2.05) is 10.00 Å². The van der Waals surface area contributed by atoms with Crippen molar-refractivity contribution in [1.29, 1.82) is 0 Å². The van der Waals surface area contributed by atoms with E-state index in [9.17, 15) is 31.9 Å². The van der Waals surface area contributed by atoms with Gasteiger partial charge in [-0.2, -0.15) is 18.3 Å². The summed E-state index contributed by atoms with van der Waals surface area (Å²) in [6, 6.07) is 4.02. The number of benzene rings is 1. The summed E-state index contributed by atoms with van der Waals surface area (Å²) in [5, 5.41) is 5.43. The molecule has 1 amide bonds. The highest BCUT2D eigenvalue weighted by atomic mass is 19.4. The summed E-state index contributed by atoms with van der Waals surface area (Å²) >= 11 is 0. The van der Waals surface area contributed by atoms with Crippen molar-refractivity contribution >= 4 is 11.7 Å². The zero-order valence-electron chi connectivity index (χ0n) is 17.8. The molecular weight excluding hydrogens is 444 g/mol. The first-order valence-corrected chi connectivity index (χ1v) is 10.5. The highest BCUT2D eigenvalue weighted by Gasteiger charge is 2.39. The number of Topliss-reactive ketones (excluding diaryl/α,β-unsaturated/α-hetero) is 1. The maximum Gasteiger partial charge on any atom is 0.421 e. The number of carbonyl (C=O) groups excluding carboxylic acids is 2. The van der Waals surface area contributed by atoms with E-state index in [-0.39, 0.29) is 42.7 Å². The third kappa shape index (κ3) is 4.82. The minimum absolute atomic E-state index is 0.0881. The number of halogens is 4. The van der Waals surface area contributed by atoms with Crippen molar-refractivity contribution in [3.05, 3.63) is 62.8 Å². The topological polar surface area (TPSA) is 86.4 Å². The Kier molecular flexibility index (Phi) is 6.08. The Morgan fingerprint density at radius 3 is 2.73 bits per heavy atom. The van der Waals surface area contributed by atoms with Crippen LogP contribution in [0.25, 0.3) is 0 Å². The van der Waals surface area contributed by atoms with Crippen LogP contribution in [0.15, 0.2) is 29.1 Å². The third-order valence-electron chi connectivity index (χ3n) is 6.14. The predicted octanol–water partition coefficient (Wildman–Crippen LogP) is 2.60. The number of hydrogen-bond acceptors (Lipinski definition) is 5. The Hall–Kier alpha value is -3.08. The average molecular weight is 466 g/mol. The molecule has 1 N–H and O–H groups in total. The average Bonchev–Trinajstić information content (AvgIpc) is 2.75. The molecule has 7 nitrogen and oxygen atoms in total. The number of alkyl halides is 3. The minimum Gasteiger partial charge on any atom is -0.318 e. The molecule has 4 rings (SSSR count). The standard InChI is InChI=1S/C22H22F4N4O3/c1-12-4-5-29-11-30(10-19(31)18(29)6-12)21(33)15-8-13(2-3-17(15)23)7-14-9-16(22(24,25)26)20(32)28-27-14/h2-3,8-9,12,18H,4-7,10-11H2,1H3,(H,28,32)/t12-,18-/m0/s1. The lowest BCUT2D eigenvalue weighted by Gasteiger charge is -2.44. The van der Waals surface area contributed by atoms with E-state index in [2.05, 4.69) is 12.0 Å². The molecule has 2 aliphatic rings. The molecule has 0 unspecified atom stereocenters. The smallest absolute Gasteiger partial charge is 0.318 e. The third-order valence-corrected chi connectivity index (χ3v) is 6.14. The van der Waals surface area contributed by atoms with Gasteiger partial charge in [-0.05, 0) is 42.5 Å². The fraction of sp³-hybridized carbons (Fsp3) is 0.455. The highest BCUT2D eigenvalue weighted by molar-refractivity contribution is 5.98. The summed E-state index contributed by atoms with van der Waals surface area (Å²) in [6.45, 7) is 2.84. The van der Waals surface area contributed by atoms with Gasteiger partial charge >= 0.3 is 6.18 Å². The second-order valence-corrected chi connectivity index (χ2v) is 8.66. The highest BCUT2D eigenvalue weighted by Crippen LogP contribution is 2.28. The molecule has 2 aliphatic heterocycles. The largest absolute Gasteiger partial charge is 0.421 e. The van der Waals surface area contributed by atoms with Crippen LogP contribution < -0.4 is 5.56 Å². The van der Waals surface area contributed by atoms with Gasteiger partial charge in [-0.3, -0.25) is 19.3 Å². The number of amides is 1. The molecule has 0 aliphatic carbocycles. The predicted molar refractivity (Wildman–Crippen MR) is 109 cm³/mol. The number of ketones is 1. The van der Waals surface area contributed by atoms with Gasteiger partial charge in [0.25, 0.3) is 11.5 Å². The molecule has 11 heteroatoms. The molecule has 2 aromatic rings. The summed E-state index contributed by atoms with van der Waals surface area (Å²) in [7, 11) is 0. The molecule has 33 heavy (non-hydrogen) atoms. The van der Waals surface area contributed by atoms with Crippen molar-refractivity contribution in [1.82, 2.24) is 20.0 Å². The molecule has 1 aromatic carbocycles. The van der Waals surface area contributed by atoms with Gasteiger partial charge in [0, 0.05) is 13.0 Å². The van der Waals surface area contributed by atoms with Gasteiger partial charge in [0.05, 0.1) is 30.5 Å². The molecular formula is C22H22F4N4O3. The van der Waals surface area contributed by atoms with Crippen LogP contribution in [0, 0.1) is 11.7 Å². The fourth-order valence-corrected chi connectivity index (χ4v) is 4.37. The fourth-order valence-electron chi connectivity index (χ4n) is 4.37. The van der Waals surface area contributed by atoms with Crippen molar-refractivity contribution in [3.63, 3.8) is 0 Å². The Balaban J connectivity index is 1.55. The molecule has 0 bridgehead atoms. The van der Waals surface area contributed by atoms with Gasteiger partial charge in [0.15, 0.2) is 5.78 Å². The number of carbonyl (C=O) groups is 2. The Bertz CT molecular complexity index is 1150. The molecule has 1 aromatic heterocycles. The van der Waals surface area contributed by atoms with Crippen LogP contribution in [0.3, 0.4) is 0 Å². The van der Waals surface area contributed by atoms with Gasteiger partial charge in [-0.15, -0.1) is 0 Å². The van der Waals surface area contributed by atoms with E-state index in [1.54, 1.807) is 0 Å². The Morgan fingerprint density at radius 1 is 1.24 bits per heavy atom. The Labute approximate surface area is 186 Å². The van der Waals surface area contributed by atoms with Crippen LogP contribution in [0.1, 0.15) is 46.9 Å². The number of hydrogen-bond donors (Lipinski definition) is 1. The number of fused-ring (bicyclic) bond motifs is 1. The van der Waals surface area contributed by atoms with Crippen molar-refractivity contribution in [2.45, 2.75) is 38.4 Å². The van der Waals surface area contributed by atoms with Crippen molar-refractivity contribution in [2.24, 2.45) is 5.92 Å². The number of aromatic amines is 1. The second kappa shape index (κ2) is 8.69. The maximum atomic E-state index is 14.5. The van der Waals surface area contributed by atoms with Crippen LogP contribution in [0.2, 0.25) is 0 Å². The maximum absolute atomic E-state index is 14.5. The number of H-pyrrole nitrogens is 1. The number of rotatable bonds is 3. The zero-order chi connectivity index (χ0) is 23.9. The van der Waals surface area contributed by atoms with Crippen LogP contribution in [0.5, 0.6) is 0 Å². The van der Waals surface area contributed by atoms with Crippen LogP contribution in [-0.2, 0) is 17.4 Å². The SMILES string of the molecule is C[C@H]1CCN2CN(C(=O)c3cc(Cc4cc(C(F)(F)F)c(=O)[nH]n4)ccc3F)CC(=O)[C@@H]2C1. The van der Waals surface area contributed by atoms with E-state index in [0.29, 0.717) is 24.1 Å². The van der Waals surface area contributed by atoms with E-state index in [1.165, 1.54) is 17.0 Å². The van der Waals surface area contributed by atoms with E-state index in [0.717, 1.165) is 18.9 Å². The molecule has 3 heterocycles. The van der Waals surface area contributed by atoms with Gasteiger partial charge in [0.1, 0.15) is 11.4 Å². The first-order chi connectivity index (χ1) is 15.5. The number of piperidine rings is 1. The molecule has 2 saturated heterocycles. The van der Waals surface area contributed by atoms with Crippen LogP contribution in [0.4, 0.5) is 17.6 Å². The minimum atomic E-state index is -4.85. The lowest BCUT2D eigenvalue weighted by molar-refractivity contribution is -0.139. The van der Waals surface area contributed by atoms with E-state index in [4.69, 9.17) is 0 Å². The van der Waals surface area contributed by atoms with Crippen molar-refractivity contribution < 1.29 is 27.2 Å². The first-order valence-electron chi connectivity index (χ1n) is 10.5. The van der Waals surface area contributed by atoms with Gasteiger partial charge < -0.3 is 4.90 Å². The van der Waals surface area contributed by atoms with E-state index < -0.39 is 29.0 Å². The summed E-state index contributed by atoms with van der Waals surface area (Å²) in [6.07, 6.45) is -3.37. The Morgan fingerprint density at radius 2 is 2.00 bits per heavy atom. The zero-order valence-corrected chi connectivity index (χ0v) is 17.8. The molecule has 176 valence electrons. The van der Waals surface area contributed by atoms with Crippen LogP contribution in [-0.4, -0.2) is 57.5 Å². The van der Waals surface area contributed by atoms with Gasteiger partial charge in [-0.1, -0.05) is 13.0 Å². The summed E-state index contributed by atoms with van der Waals surface area (Å²) < 4.78 is 53.5. The van der Waals surface area contributed by atoms with Crippen molar-refractivity contribution in [3.8, 4) is 0 Å². The number of aromatic nitrogens is 2. The van der Waals surface area contributed by atoms with Gasteiger partial charge in [0.2, 0.25) is 0 Å². The molecule has 0 saturated carbocycles. The monoisotopic (exact) mass is 466 g/mol. The number of nitrogens with one attached hydrogen (secondary N) is 1. The second-order valence-electron chi connectivity index (χ2n) is 8.66. The molecule has 0 spiro atoms. The van der Waals surface area contributed by atoms with Crippen molar-refractivity contribution in [2.75, 3.05) is 19.8 Å². The summed E-state index contributed by atoms with van der Waals surface area (Å²) in [4.78, 5) is 40.3. The lowest BCUT2D eigenvalue weighted by atomic mass is 9.89. The first kappa shape index (κ1) is 23.1. The summed E-state index contributed by atoms with van der Waals surface area (Å²) in [5.41, 5.74) is -2.78. The molecule has 0 radical (unpaired) electrons. The molecule has 2 fully saturated rings. The molecule has 2 atom stereocenters. The van der Waals surface area contributed by atoms with E-state index >= 15 is 0 Å². The normalized spacial score (nSPS) is 21.7. The van der Waals surface area contributed by atoms with Gasteiger partial charge in [-0.25, -0.2) is 9.49 Å². The number of nitrogens with zero attached hydrogens (tertiary/aromatic N) is 3.